The van der Waals surface area contributed by atoms with Crippen LogP contribution in [0.5, 0.6) is 0 Å². The van der Waals surface area contributed by atoms with Crippen LogP contribution < -0.4 is 0 Å². The Kier molecular flexibility index (Phi) is 12.3. The van der Waals surface area contributed by atoms with E-state index in [2.05, 4.69) is 23.9 Å². The van der Waals surface area contributed by atoms with Crippen molar-refractivity contribution in [3.8, 4) is 0 Å². The molecule has 1 aliphatic carbocycles. The third kappa shape index (κ3) is 8.68. The molecule has 0 radical (unpaired) electrons. The molecule has 0 spiro atoms. The highest BCUT2D eigenvalue weighted by Crippen LogP contribution is 2.35. The number of nitrogens with zero attached hydrogens (tertiary/aromatic N) is 3. The van der Waals surface area contributed by atoms with Gasteiger partial charge in [-0.1, -0.05) is 31.8 Å². The van der Waals surface area contributed by atoms with Gasteiger partial charge in [-0.15, -0.1) is 0 Å². The van der Waals surface area contributed by atoms with E-state index in [1.165, 1.54) is 14.0 Å². The van der Waals surface area contributed by atoms with Crippen molar-refractivity contribution in [2.45, 2.75) is 103 Å². The number of unbranched alkanes of at least 4 members (excludes halogenated alkanes) is 2. The van der Waals surface area contributed by atoms with Crippen molar-refractivity contribution in [1.82, 2.24) is 0 Å². The largest absolute Gasteiger partial charge is 0.493 e. The lowest BCUT2D eigenvalue weighted by Crippen LogP contribution is -2.52. The van der Waals surface area contributed by atoms with E-state index >= 15 is 0 Å². The number of carbonyl (C=O) groups excluding carboxylic acids is 2. The topological polar surface area (TPSA) is 138 Å². The lowest BCUT2D eigenvalue weighted by Gasteiger charge is -2.41. The molecule has 7 unspecified atom stereocenters. The van der Waals surface area contributed by atoms with Gasteiger partial charge in [0.2, 0.25) is 6.29 Å². The molecule has 11 nitrogen and oxygen atoms in total. The number of rotatable bonds is 13. The van der Waals surface area contributed by atoms with Crippen molar-refractivity contribution in [2.75, 3.05) is 20.3 Å². The SMILES string of the molecule is CCCCOC1=CC(OCCCC)C(C)OC1OC1C(N=[N+]=[N-])CC(C(=O)OC)CC1OC(C)=O. The maximum absolute atomic E-state index is 12.2. The Balaban J connectivity index is 2.30. The first-order chi connectivity index (χ1) is 16.8. The van der Waals surface area contributed by atoms with E-state index in [0.717, 1.165) is 25.7 Å². The van der Waals surface area contributed by atoms with Crippen LogP contribution in [0, 0.1) is 5.92 Å². The highest BCUT2D eigenvalue weighted by atomic mass is 16.7. The smallest absolute Gasteiger partial charge is 0.308 e. The van der Waals surface area contributed by atoms with E-state index < -0.39 is 42.4 Å². The molecule has 0 amide bonds. The number of esters is 2. The number of azide groups is 1. The van der Waals surface area contributed by atoms with Crippen LogP contribution in [-0.4, -0.2) is 69.0 Å². The molecule has 1 fully saturated rings. The molecule has 0 aromatic heterocycles. The van der Waals surface area contributed by atoms with Crippen LogP contribution in [0.25, 0.3) is 10.4 Å². The molecule has 2 rings (SSSR count). The molecule has 198 valence electrons. The van der Waals surface area contributed by atoms with Crippen LogP contribution in [0.3, 0.4) is 0 Å². The van der Waals surface area contributed by atoms with Gasteiger partial charge in [-0.25, -0.2) is 0 Å². The summed E-state index contributed by atoms with van der Waals surface area (Å²) in [5, 5.41) is 3.86. The van der Waals surface area contributed by atoms with Crippen LogP contribution in [0.1, 0.15) is 66.2 Å². The monoisotopic (exact) mass is 497 g/mol. The van der Waals surface area contributed by atoms with E-state index in [4.69, 9.17) is 34.0 Å². The summed E-state index contributed by atoms with van der Waals surface area (Å²) in [5.74, 6) is -1.13. The minimum atomic E-state index is -0.915. The van der Waals surface area contributed by atoms with Crippen molar-refractivity contribution in [3.05, 3.63) is 22.3 Å². The zero-order valence-electron chi connectivity index (χ0n) is 21.4. The third-order valence-corrected chi connectivity index (χ3v) is 6.06. The highest BCUT2D eigenvalue weighted by molar-refractivity contribution is 5.73. The molecule has 0 N–H and O–H groups in total. The van der Waals surface area contributed by atoms with Crippen LogP contribution in [0.15, 0.2) is 16.9 Å². The predicted octanol–water partition coefficient (Wildman–Crippen LogP) is 4.20. The van der Waals surface area contributed by atoms with E-state index in [0.29, 0.717) is 19.0 Å². The Morgan fingerprint density at radius 1 is 1.20 bits per heavy atom. The zero-order valence-corrected chi connectivity index (χ0v) is 21.4. The first-order valence-electron chi connectivity index (χ1n) is 12.4. The predicted molar refractivity (Wildman–Crippen MR) is 126 cm³/mol. The highest BCUT2D eigenvalue weighted by Gasteiger charge is 2.46. The molecule has 7 atom stereocenters. The van der Waals surface area contributed by atoms with E-state index in [1.807, 2.05) is 13.0 Å². The summed E-state index contributed by atoms with van der Waals surface area (Å²) < 4.78 is 34.8. The summed E-state index contributed by atoms with van der Waals surface area (Å²) >= 11 is 0. The van der Waals surface area contributed by atoms with E-state index in [1.54, 1.807) is 0 Å². The quantitative estimate of drug-likeness (QED) is 0.121. The number of hydrogen-bond acceptors (Lipinski definition) is 9. The van der Waals surface area contributed by atoms with Gasteiger partial charge in [-0.05, 0) is 37.8 Å². The number of methoxy groups -OCH3 is 1. The van der Waals surface area contributed by atoms with Gasteiger partial charge in [0.15, 0.2) is 5.76 Å². The molecule has 35 heavy (non-hydrogen) atoms. The van der Waals surface area contributed by atoms with E-state index in [-0.39, 0.29) is 25.0 Å². The molecule has 2 aliphatic rings. The standard InChI is InChI=1S/C24H39N3O8/c1-6-8-10-31-19-14-21(32-11-9-7-2)24(33-15(19)3)35-22-18(26-27-25)12-17(23(29)30-5)13-20(22)34-16(4)28/h14-15,17-20,22,24H,6-13H2,1-5H3. The van der Waals surface area contributed by atoms with Gasteiger partial charge in [-0.3, -0.25) is 9.59 Å². The summed E-state index contributed by atoms with van der Waals surface area (Å²) in [7, 11) is 1.29. The third-order valence-electron chi connectivity index (χ3n) is 6.06. The van der Waals surface area contributed by atoms with Gasteiger partial charge < -0.3 is 28.4 Å². The number of hydrogen-bond donors (Lipinski definition) is 0. The van der Waals surface area contributed by atoms with Crippen molar-refractivity contribution < 1.29 is 38.0 Å². The van der Waals surface area contributed by atoms with Gasteiger partial charge in [0, 0.05) is 24.9 Å². The second-order valence-electron chi connectivity index (χ2n) is 8.85. The molecule has 11 heteroatoms. The average Bonchev–Trinajstić information content (AvgIpc) is 2.82. The van der Waals surface area contributed by atoms with Crippen molar-refractivity contribution in [3.63, 3.8) is 0 Å². The molecule has 0 aromatic rings. The molecule has 0 bridgehead atoms. The first-order valence-corrected chi connectivity index (χ1v) is 12.4. The maximum atomic E-state index is 12.2. The fourth-order valence-corrected chi connectivity index (χ4v) is 4.18. The molecular formula is C24H39N3O8. The van der Waals surface area contributed by atoms with Crippen molar-refractivity contribution in [2.24, 2.45) is 11.0 Å². The van der Waals surface area contributed by atoms with Crippen molar-refractivity contribution >= 4 is 11.9 Å². The fraction of sp³-hybridized carbons (Fsp3) is 0.833. The van der Waals surface area contributed by atoms with Gasteiger partial charge >= 0.3 is 11.9 Å². The lowest BCUT2D eigenvalue weighted by molar-refractivity contribution is -0.241. The Morgan fingerprint density at radius 3 is 2.54 bits per heavy atom. The minimum Gasteiger partial charge on any atom is -0.493 e. The molecular weight excluding hydrogens is 458 g/mol. The average molecular weight is 498 g/mol. The summed E-state index contributed by atoms with van der Waals surface area (Å²) in [6.07, 6.45) is 2.77. The van der Waals surface area contributed by atoms with Gasteiger partial charge in [0.25, 0.3) is 0 Å². The zero-order chi connectivity index (χ0) is 25.8. The fourth-order valence-electron chi connectivity index (χ4n) is 4.18. The van der Waals surface area contributed by atoms with Crippen LogP contribution in [0.4, 0.5) is 0 Å². The minimum absolute atomic E-state index is 0.176. The molecule has 0 aromatic carbocycles. The van der Waals surface area contributed by atoms with Crippen LogP contribution >= 0.6 is 0 Å². The van der Waals surface area contributed by atoms with Gasteiger partial charge in [0.1, 0.15) is 18.3 Å². The normalized spacial score (nSPS) is 30.5. The summed E-state index contributed by atoms with van der Waals surface area (Å²) in [6.45, 7) is 8.40. The Hall–Kier alpha value is -2.33. The number of ether oxygens (including phenoxy) is 6. The molecule has 1 aliphatic heterocycles. The Bertz CT molecular complexity index is 770. The van der Waals surface area contributed by atoms with Crippen molar-refractivity contribution in [1.29, 1.82) is 0 Å². The first kappa shape index (κ1) is 28.9. The Labute approximate surface area is 207 Å². The molecule has 1 heterocycles. The van der Waals surface area contributed by atoms with E-state index in [9.17, 15) is 9.59 Å². The summed E-state index contributed by atoms with van der Waals surface area (Å²) in [5.41, 5.74) is 9.16. The van der Waals surface area contributed by atoms with Gasteiger partial charge in [-0.2, -0.15) is 0 Å². The molecule has 0 saturated heterocycles. The molecule has 1 saturated carbocycles. The van der Waals surface area contributed by atoms with Crippen LogP contribution in [0.2, 0.25) is 0 Å². The second kappa shape index (κ2) is 14.9. The lowest BCUT2D eigenvalue weighted by atomic mass is 9.81. The Morgan fingerprint density at radius 2 is 1.91 bits per heavy atom. The van der Waals surface area contributed by atoms with Crippen LogP contribution in [-0.2, 0) is 38.0 Å². The summed E-state index contributed by atoms with van der Waals surface area (Å²) in [4.78, 5) is 27.0. The van der Waals surface area contributed by atoms with Gasteiger partial charge in [0.05, 0.1) is 31.8 Å². The maximum Gasteiger partial charge on any atom is 0.308 e. The summed E-state index contributed by atoms with van der Waals surface area (Å²) in [6, 6.07) is -0.781. The number of carbonyl (C=O) groups is 2. The second-order valence-corrected chi connectivity index (χ2v) is 8.85.